The molecule has 0 aromatic rings. The summed E-state index contributed by atoms with van der Waals surface area (Å²) in [6.45, 7) is 1.97. The molecule has 1 aliphatic heterocycles. The molecule has 3 fully saturated rings. The number of amides is 2. The molecule has 4 heteroatoms. The molecule has 1 heterocycles. The normalized spacial score (nSPS) is 33.9. The smallest absolute Gasteiger partial charge is 0.246 e. The van der Waals surface area contributed by atoms with E-state index in [2.05, 4.69) is 5.32 Å². The Morgan fingerprint density at radius 3 is 2.39 bits per heavy atom. The molecule has 100 valence electrons. The Balaban J connectivity index is 1.86. The quantitative estimate of drug-likeness (QED) is 0.824. The maximum atomic E-state index is 12.5. The number of rotatable bonds is 3. The third kappa shape index (κ3) is 1.91. The number of carbonyl (C=O) groups excluding carboxylic acids is 2. The maximum absolute atomic E-state index is 12.5. The van der Waals surface area contributed by atoms with Crippen LogP contribution in [0, 0.1) is 5.92 Å². The molecule has 2 unspecified atom stereocenters. The van der Waals surface area contributed by atoms with E-state index in [4.69, 9.17) is 0 Å². The van der Waals surface area contributed by atoms with Crippen molar-refractivity contribution >= 4 is 11.8 Å². The van der Waals surface area contributed by atoms with E-state index in [1.54, 1.807) is 0 Å². The maximum Gasteiger partial charge on any atom is 0.246 e. The predicted molar refractivity (Wildman–Crippen MR) is 67.8 cm³/mol. The number of hydrogen-bond donors (Lipinski definition) is 1. The van der Waals surface area contributed by atoms with Crippen LogP contribution in [0.4, 0.5) is 0 Å². The van der Waals surface area contributed by atoms with E-state index in [1.165, 1.54) is 12.8 Å². The predicted octanol–water partition coefficient (Wildman–Crippen LogP) is 1.44. The minimum atomic E-state index is -0.284. The molecule has 0 aromatic heterocycles. The van der Waals surface area contributed by atoms with Crippen molar-refractivity contribution in [3.8, 4) is 0 Å². The standard InChI is InChI=1S/C14H22N2O2/c1-2-11-14(18)16(10-5-3-4-6-10)12(9-7-8-9)13(17)15-11/h9-12H,2-8H2,1H3,(H,15,17). The molecule has 1 N–H and O–H groups in total. The van der Waals surface area contributed by atoms with Crippen molar-refractivity contribution in [3.05, 3.63) is 0 Å². The Bertz CT molecular complexity index is 359. The van der Waals surface area contributed by atoms with Crippen molar-refractivity contribution < 1.29 is 9.59 Å². The molecule has 4 nitrogen and oxygen atoms in total. The highest BCUT2D eigenvalue weighted by Gasteiger charge is 2.49. The first-order chi connectivity index (χ1) is 8.72. The average molecular weight is 250 g/mol. The second-order valence-electron chi connectivity index (χ2n) is 5.94. The van der Waals surface area contributed by atoms with Gasteiger partial charge in [-0.2, -0.15) is 0 Å². The van der Waals surface area contributed by atoms with Gasteiger partial charge in [-0.1, -0.05) is 19.8 Å². The van der Waals surface area contributed by atoms with E-state index in [-0.39, 0.29) is 23.9 Å². The fourth-order valence-corrected chi connectivity index (χ4v) is 3.48. The molecule has 0 aromatic carbocycles. The van der Waals surface area contributed by atoms with Crippen molar-refractivity contribution in [1.29, 1.82) is 0 Å². The molecular weight excluding hydrogens is 228 g/mol. The number of nitrogens with one attached hydrogen (secondary N) is 1. The largest absolute Gasteiger partial charge is 0.343 e. The summed E-state index contributed by atoms with van der Waals surface area (Å²) < 4.78 is 0. The van der Waals surface area contributed by atoms with Crippen LogP contribution in [0.5, 0.6) is 0 Å². The Labute approximate surface area is 108 Å². The summed E-state index contributed by atoms with van der Waals surface area (Å²) >= 11 is 0. The zero-order valence-electron chi connectivity index (χ0n) is 11.0. The van der Waals surface area contributed by atoms with Gasteiger partial charge < -0.3 is 10.2 Å². The number of hydrogen-bond acceptors (Lipinski definition) is 2. The highest BCUT2D eigenvalue weighted by atomic mass is 16.2. The van der Waals surface area contributed by atoms with E-state index < -0.39 is 0 Å². The summed E-state index contributed by atoms with van der Waals surface area (Å²) in [4.78, 5) is 26.8. The topological polar surface area (TPSA) is 49.4 Å². The molecule has 18 heavy (non-hydrogen) atoms. The van der Waals surface area contributed by atoms with Crippen molar-refractivity contribution in [2.24, 2.45) is 5.92 Å². The Morgan fingerprint density at radius 2 is 1.83 bits per heavy atom. The van der Waals surface area contributed by atoms with Gasteiger partial charge in [0.05, 0.1) is 0 Å². The van der Waals surface area contributed by atoms with Crippen LogP contribution in [-0.2, 0) is 9.59 Å². The zero-order valence-corrected chi connectivity index (χ0v) is 11.0. The van der Waals surface area contributed by atoms with E-state index in [0.717, 1.165) is 25.7 Å². The van der Waals surface area contributed by atoms with E-state index in [9.17, 15) is 9.59 Å². The second-order valence-corrected chi connectivity index (χ2v) is 5.94. The van der Waals surface area contributed by atoms with Crippen molar-refractivity contribution in [1.82, 2.24) is 10.2 Å². The van der Waals surface area contributed by atoms with Crippen molar-refractivity contribution in [3.63, 3.8) is 0 Å². The van der Waals surface area contributed by atoms with Gasteiger partial charge in [-0.15, -0.1) is 0 Å². The Kier molecular flexibility index (Phi) is 3.04. The van der Waals surface area contributed by atoms with Crippen LogP contribution in [-0.4, -0.2) is 34.8 Å². The fourth-order valence-electron chi connectivity index (χ4n) is 3.48. The number of carbonyl (C=O) groups is 2. The van der Waals surface area contributed by atoms with Gasteiger partial charge in [0.25, 0.3) is 0 Å². The first-order valence-corrected chi connectivity index (χ1v) is 7.35. The highest BCUT2D eigenvalue weighted by molar-refractivity contribution is 5.97. The zero-order chi connectivity index (χ0) is 12.7. The molecule has 2 aliphatic carbocycles. The molecule has 1 saturated heterocycles. The van der Waals surface area contributed by atoms with Crippen LogP contribution in [0.25, 0.3) is 0 Å². The molecule has 3 rings (SSSR count). The lowest BCUT2D eigenvalue weighted by Gasteiger charge is -2.42. The summed E-state index contributed by atoms with van der Waals surface area (Å²) in [5.41, 5.74) is 0. The highest BCUT2D eigenvalue weighted by Crippen LogP contribution is 2.40. The van der Waals surface area contributed by atoms with Gasteiger partial charge in [0.1, 0.15) is 12.1 Å². The first kappa shape index (κ1) is 12.0. The van der Waals surface area contributed by atoms with Gasteiger partial charge >= 0.3 is 0 Å². The van der Waals surface area contributed by atoms with Crippen LogP contribution < -0.4 is 5.32 Å². The average Bonchev–Trinajstić information content (AvgIpc) is 3.06. The van der Waals surface area contributed by atoms with Crippen molar-refractivity contribution in [2.45, 2.75) is 70.0 Å². The molecule has 0 spiro atoms. The summed E-state index contributed by atoms with van der Waals surface area (Å²) in [5.74, 6) is 0.684. The van der Waals surface area contributed by atoms with Gasteiger partial charge in [0.15, 0.2) is 0 Å². The van der Waals surface area contributed by atoms with E-state index >= 15 is 0 Å². The SMILES string of the molecule is CCC1NC(=O)C(C2CC2)N(C2CCCC2)C1=O. The molecular formula is C14H22N2O2. The first-order valence-electron chi connectivity index (χ1n) is 7.35. The minimum absolute atomic E-state index is 0.0934. The monoisotopic (exact) mass is 250 g/mol. The Morgan fingerprint density at radius 1 is 1.17 bits per heavy atom. The molecule has 0 radical (unpaired) electrons. The second kappa shape index (κ2) is 4.56. The van der Waals surface area contributed by atoms with E-state index in [1.807, 2.05) is 11.8 Å². The van der Waals surface area contributed by atoms with Crippen LogP contribution in [0.15, 0.2) is 0 Å². The molecule has 2 amide bonds. The third-order valence-electron chi connectivity index (χ3n) is 4.63. The van der Waals surface area contributed by atoms with Gasteiger partial charge in [-0.3, -0.25) is 9.59 Å². The van der Waals surface area contributed by atoms with Crippen LogP contribution >= 0.6 is 0 Å². The lowest BCUT2D eigenvalue weighted by Crippen LogP contribution is -2.65. The minimum Gasteiger partial charge on any atom is -0.343 e. The molecule has 0 bridgehead atoms. The van der Waals surface area contributed by atoms with Gasteiger partial charge in [0, 0.05) is 6.04 Å². The lowest BCUT2D eigenvalue weighted by molar-refractivity contribution is -0.153. The molecule has 2 atom stereocenters. The molecule has 3 aliphatic rings. The summed E-state index contributed by atoms with van der Waals surface area (Å²) in [5, 5.41) is 2.91. The third-order valence-corrected chi connectivity index (χ3v) is 4.63. The van der Waals surface area contributed by atoms with Crippen LogP contribution in [0.3, 0.4) is 0 Å². The van der Waals surface area contributed by atoms with Gasteiger partial charge in [-0.25, -0.2) is 0 Å². The fraction of sp³-hybridized carbons (Fsp3) is 0.857. The summed E-state index contributed by atoms with van der Waals surface area (Å²) in [7, 11) is 0. The molecule has 2 saturated carbocycles. The summed E-state index contributed by atoms with van der Waals surface area (Å²) in [6, 6.07) is -0.125. The Hall–Kier alpha value is -1.06. The van der Waals surface area contributed by atoms with Crippen LogP contribution in [0.2, 0.25) is 0 Å². The van der Waals surface area contributed by atoms with E-state index in [0.29, 0.717) is 18.4 Å². The summed E-state index contributed by atoms with van der Waals surface area (Å²) in [6.07, 6.45) is 7.47. The van der Waals surface area contributed by atoms with Crippen LogP contribution in [0.1, 0.15) is 51.9 Å². The number of nitrogens with zero attached hydrogens (tertiary/aromatic N) is 1. The number of piperazine rings is 1. The van der Waals surface area contributed by atoms with Gasteiger partial charge in [0.2, 0.25) is 11.8 Å². The van der Waals surface area contributed by atoms with Crippen molar-refractivity contribution in [2.75, 3.05) is 0 Å². The van der Waals surface area contributed by atoms with Gasteiger partial charge in [-0.05, 0) is 38.0 Å². The lowest BCUT2D eigenvalue weighted by atomic mass is 9.98.